The van der Waals surface area contributed by atoms with Crippen LogP contribution < -0.4 is 11.1 Å². The van der Waals surface area contributed by atoms with Gasteiger partial charge in [0.05, 0.1) is 10.6 Å². The number of carbonyl (C=O) groups is 1. The molecule has 1 rings (SSSR count). The Bertz CT molecular complexity index is 387. The van der Waals surface area contributed by atoms with E-state index in [1.807, 2.05) is 0 Å². The predicted octanol–water partition coefficient (Wildman–Crippen LogP) is 2.78. The van der Waals surface area contributed by atoms with Crippen molar-refractivity contribution in [3.63, 3.8) is 0 Å². The average Bonchev–Trinajstić information content (AvgIpc) is 2.10. The highest BCUT2D eigenvalue weighted by Crippen LogP contribution is 2.25. The van der Waals surface area contributed by atoms with Gasteiger partial charge >= 0.3 is 0 Å². The van der Waals surface area contributed by atoms with Crippen molar-refractivity contribution in [3.8, 4) is 0 Å². The van der Waals surface area contributed by atoms with Gasteiger partial charge in [0.15, 0.2) is 0 Å². The van der Waals surface area contributed by atoms with Crippen LogP contribution in [0.15, 0.2) is 22.7 Å². The number of hydrogen-bond acceptors (Lipinski definition) is 2. The van der Waals surface area contributed by atoms with Crippen molar-refractivity contribution in [1.29, 1.82) is 0 Å². The second-order valence-corrected chi connectivity index (χ2v) is 5.07. The van der Waals surface area contributed by atoms with E-state index < -0.39 is 5.54 Å². The van der Waals surface area contributed by atoms with Gasteiger partial charge in [-0.15, -0.1) is 0 Å². The number of halogens is 2. The third-order valence-electron chi connectivity index (χ3n) is 1.76. The standard InChI is InChI=1S/C10H12BrClN2O/c1-10(2,13)9(15)14-6-3-4-7(11)8(12)5-6/h3-5H,13H2,1-2H3,(H,14,15). The number of amides is 1. The van der Waals surface area contributed by atoms with E-state index in [0.29, 0.717) is 10.7 Å². The van der Waals surface area contributed by atoms with Crippen LogP contribution in [-0.2, 0) is 4.79 Å². The molecule has 0 heterocycles. The number of carbonyl (C=O) groups excluding carboxylic acids is 1. The van der Waals surface area contributed by atoms with E-state index in [1.165, 1.54) is 0 Å². The number of rotatable bonds is 2. The molecule has 0 aliphatic rings. The summed E-state index contributed by atoms with van der Waals surface area (Å²) in [5.41, 5.74) is 5.37. The molecule has 5 heteroatoms. The first-order valence-corrected chi connectivity index (χ1v) is 5.53. The Morgan fingerprint density at radius 3 is 2.60 bits per heavy atom. The number of anilines is 1. The molecule has 0 aliphatic heterocycles. The van der Waals surface area contributed by atoms with E-state index in [-0.39, 0.29) is 5.91 Å². The Hall–Kier alpha value is -0.580. The molecule has 0 saturated heterocycles. The van der Waals surface area contributed by atoms with Crippen molar-refractivity contribution < 1.29 is 4.79 Å². The summed E-state index contributed by atoms with van der Waals surface area (Å²) in [4.78, 5) is 11.5. The van der Waals surface area contributed by atoms with Crippen LogP contribution in [0.1, 0.15) is 13.8 Å². The highest BCUT2D eigenvalue weighted by molar-refractivity contribution is 9.10. The zero-order valence-corrected chi connectivity index (χ0v) is 10.8. The number of nitrogens with one attached hydrogen (secondary N) is 1. The van der Waals surface area contributed by atoms with E-state index in [9.17, 15) is 4.79 Å². The maximum absolute atomic E-state index is 11.5. The predicted molar refractivity (Wildman–Crippen MR) is 66.0 cm³/mol. The van der Waals surface area contributed by atoms with Gasteiger partial charge in [0, 0.05) is 10.2 Å². The van der Waals surface area contributed by atoms with Crippen LogP contribution in [0, 0.1) is 0 Å². The van der Waals surface area contributed by atoms with Crippen molar-refractivity contribution in [2.75, 3.05) is 5.32 Å². The molecule has 0 saturated carbocycles. The third-order valence-corrected chi connectivity index (χ3v) is 3.00. The third kappa shape index (κ3) is 3.48. The minimum atomic E-state index is -0.903. The maximum atomic E-state index is 11.5. The van der Waals surface area contributed by atoms with Crippen LogP contribution in [0.5, 0.6) is 0 Å². The normalized spacial score (nSPS) is 11.3. The molecule has 0 atom stereocenters. The summed E-state index contributed by atoms with van der Waals surface area (Å²) in [6, 6.07) is 5.18. The van der Waals surface area contributed by atoms with Crippen LogP contribution in [0.3, 0.4) is 0 Å². The van der Waals surface area contributed by atoms with Crippen molar-refractivity contribution in [2.45, 2.75) is 19.4 Å². The molecule has 82 valence electrons. The van der Waals surface area contributed by atoms with Crippen LogP contribution in [0.4, 0.5) is 5.69 Å². The van der Waals surface area contributed by atoms with E-state index >= 15 is 0 Å². The molecule has 0 radical (unpaired) electrons. The van der Waals surface area contributed by atoms with Gasteiger partial charge in [-0.25, -0.2) is 0 Å². The minimum absolute atomic E-state index is 0.249. The molecule has 0 aromatic heterocycles. The molecule has 3 nitrogen and oxygen atoms in total. The van der Waals surface area contributed by atoms with Gasteiger partial charge in [0.2, 0.25) is 5.91 Å². The second-order valence-electron chi connectivity index (χ2n) is 3.80. The highest BCUT2D eigenvalue weighted by Gasteiger charge is 2.21. The number of benzene rings is 1. The summed E-state index contributed by atoms with van der Waals surface area (Å²) in [5, 5.41) is 3.22. The van der Waals surface area contributed by atoms with Crippen molar-refractivity contribution in [2.24, 2.45) is 5.73 Å². The van der Waals surface area contributed by atoms with E-state index in [0.717, 1.165) is 4.47 Å². The SMILES string of the molecule is CC(C)(N)C(=O)Nc1ccc(Br)c(Cl)c1. The lowest BCUT2D eigenvalue weighted by atomic mass is 10.1. The highest BCUT2D eigenvalue weighted by atomic mass is 79.9. The second kappa shape index (κ2) is 4.51. The van der Waals surface area contributed by atoms with E-state index in [4.69, 9.17) is 17.3 Å². The fraction of sp³-hybridized carbons (Fsp3) is 0.300. The zero-order chi connectivity index (χ0) is 11.6. The summed E-state index contributed by atoms with van der Waals surface area (Å²) < 4.78 is 0.786. The molecule has 1 aromatic carbocycles. The minimum Gasteiger partial charge on any atom is -0.324 e. The van der Waals surface area contributed by atoms with Gasteiger partial charge in [-0.1, -0.05) is 11.6 Å². The molecular weight excluding hydrogens is 279 g/mol. The van der Waals surface area contributed by atoms with E-state index in [2.05, 4.69) is 21.2 Å². The average molecular weight is 292 g/mol. The van der Waals surface area contributed by atoms with Crippen LogP contribution in [0.2, 0.25) is 5.02 Å². The lowest BCUT2D eigenvalue weighted by Gasteiger charge is -2.17. The van der Waals surface area contributed by atoms with Gasteiger partial charge in [-0.05, 0) is 48.0 Å². The molecule has 1 aromatic rings. The Balaban J connectivity index is 2.83. The Kier molecular flexibility index (Phi) is 3.76. The van der Waals surface area contributed by atoms with Crippen molar-refractivity contribution >= 4 is 39.1 Å². The zero-order valence-electron chi connectivity index (χ0n) is 8.47. The maximum Gasteiger partial charge on any atom is 0.243 e. The quantitative estimate of drug-likeness (QED) is 0.880. The lowest BCUT2D eigenvalue weighted by molar-refractivity contribution is -0.120. The summed E-state index contributed by atoms with van der Waals surface area (Å²) in [6.45, 7) is 3.28. The number of nitrogens with two attached hydrogens (primary N) is 1. The Morgan fingerprint density at radius 1 is 1.53 bits per heavy atom. The first kappa shape index (κ1) is 12.5. The summed E-state index contributed by atoms with van der Waals surface area (Å²) in [6.07, 6.45) is 0. The van der Waals surface area contributed by atoms with Gasteiger partial charge in [-0.2, -0.15) is 0 Å². The first-order chi connectivity index (χ1) is 6.80. The van der Waals surface area contributed by atoms with Gasteiger partial charge in [-0.3, -0.25) is 4.79 Å². The van der Waals surface area contributed by atoms with E-state index in [1.54, 1.807) is 32.0 Å². The molecule has 1 amide bonds. The largest absolute Gasteiger partial charge is 0.324 e. The van der Waals surface area contributed by atoms with Crippen molar-refractivity contribution in [1.82, 2.24) is 0 Å². The molecule has 0 fully saturated rings. The number of hydrogen-bond donors (Lipinski definition) is 2. The topological polar surface area (TPSA) is 55.1 Å². The molecule has 0 spiro atoms. The van der Waals surface area contributed by atoms with Gasteiger partial charge in [0.1, 0.15) is 0 Å². The smallest absolute Gasteiger partial charge is 0.243 e. The Morgan fingerprint density at radius 2 is 2.13 bits per heavy atom. The van der Waals surface area contributed by atoms with Crippen LogP contribution in [-0.4, -0.2) is 11.4 Å². The summed E-state index contributed by atoms with van der Waals surface area (Å²) in [5.74, 6) is -0.249. The monoisotopic (exact) mass is 290 g/mol. The lowest BCUT2D eigenvalue weighted by Crippen LogP contribution is -2.45. The van der Waals surface area contributed by atoms with Gasteiger partial charge in [0.25, 0.3) is 0 Å². The van der Waals surface area contributed by atoms with Crippen molar-refractivity contribution in [3.05, 3.63) is 27.7 Å². The fourth-order valence-corrected chi connectivity index (χ4v) is 1.29. The fourth-order valence-electron chi connectivity index (χ4n) is 0.866. The Labute approximate surface area is 102 Å². The summed E-state index contributed by atoms with van der Waals surface area (Å²) >= 11 is 9.15. The summed E-state index contributed by atoms with van der Waals surface area (Å²) in [7, 11) is 0. The molecule has 0 bridgehead atoms. The van der Waals surface area contributed by atoms with Gasteiger partial charge < -0.3 is 11.1 Å². The molecular formula is C10H12BrClN2O. The molecule has 15 heavy (non-hydrogen) atoms. The molecule has 0 unspecified atom stereocenters. The van der Waals surface area contributed by atoms with Crippen LogP contribution >= 0.6 is 27.5 Å². The molecule has 3 N–H and O–H groups in total. The molecule has 0 aliphatic carbocycles. The first-order valence-electron chi connectivity index (χ1n) is 4.36. The van der Waals surface area contributed by atoms with Crippen LogP contribution in [0.25, 0.3) is 0 Å².